The Labute approximate surface area is 132 Å². The third-order valence-corrected chi connectivity index (χ3v) is 3.60. The lowest BCUT2D eigenvalue weighted by atomic mass is 10.2. The maximum Gasteiger partial charge on any atom is 0.326 e. The van der Waals surface area contributed by atoms with Crippen LogP contribution in [-0.4, -0.2) is 13.1 Å². The second kappa shape index (κ2) is 6.49. The lowest BCUT2D eigenvalue weighted by Gasteiger charge is -2.18. The second-order valence-electron chi connectivity index (χ2n) is 4.28. The van der Waals surface area contributed by atoms with Crippen LogP contribution in [0.25, 0.3) is 0 Å². The first-order valence-electron chi connectivity index (χ1n) is 6.01. The van der Waals surface area contributed by atoms with Gasteiger partial charge in [-0.3, -0.25) is 4.90 Å². The average Bonchev–Trinajstić information content (AvgIpc) is 2.50. The number of halogens is 2. The van der Waals surface area contributed by atoms with Crippen LogP contribution in [0.3, 0.4) is 0 Å². The van der Waals surface area contributed by atoms with Crippen molar-refractivity contribution in [3.05, 3.63) is 58.1 Å². The van der Waals surface area contributed by atoms with Crippen LogP contribution < -0.4 is 10.2 Å². The van der Waals surface area contributed by atoms with E-state index in [-0.39, 0.29) is 6.03 Å². The smallest absolute Gasteiger partial charge is 0.307 e. The highest BCUT2D eigenvalue weighted by atomic mass is 35.5. The van der Waals surface area contributed by atoms with E-state index in [0.717, 1.165) is 0 Å². The van der Waals surface area contributed by atoms with Gasteiger partial charge in [-0.1, -0.05) is 23.2 Å². The number of hydrogen-bond donors (Lipinski definition) is 1. The monoisotopic (exact) mass is 319 g/mol. The summed E-state index contributed by atoms with van der Waals surface area (Å²) in [6.45, 7) is 0. The Balaban J connectivity index is 2.11. The predicted molar refractivity (Wildman–Crippen MR) is 85.0 cm³/mol. The van der Waals surface area contributed by atoms with Gasteiger partial charge in [0.2, 0.25) is 0 Å². The van der Waals surface area contributed by atoms with E-state index >= 15 is 0 Å². The van der Waals surface area contributed by atoms with E-state index in [1.165, 1.54) is 4.90 Å². The van der Waals surface area contributed by atoms with E-state index < -0.39 is 0 Å². The van der Waals surface area contributed by atoms with Gasteiger partial charge in [0.25, 0.3) is 0 Å². The van der Waals surface area contributed by atoms with Gasteiger partial charge in [0.1, 0.15) is 0 Å². The van der Waals surface area contributed by atoms with Crippen molar-refractivity contribution in [1.82, 2.24) is 0 Å². The Morgan fingerprint density at radius 1 is 1.14 bits per heavy atom. The van der Waals surface area contributed by atoms with Crippen LogP contribution >= 0.6 is 23.2 Å². The Hall–Kier alpha value is -2.22. The van der Waals surface area contributed by atoms with E-state index in [1.807, 2.05) is 6.07 Å². The predicted octanol–water partition coefficient (Wildman–Crippen LogP) is 4.53. The molecule has 2 aromatic carbocycles. The zero-order valence-electron chi connectivity index (χ0n) is 11.1. The van der Waals surface area contributed by atoms with E-state index in [9.17, 15) is 4.79 Å². The molecule has 2 aromatic rings. The Morgan fingerprint density at radius 3 is 2.38 bits per heavy atom. The third kappa shape index (κ3) is 3.66. The normalized spacial score (nSPS) is 9.81. The molecule has 1 N–H and O–H groups in total. The molecule has 0 aliphatic heterocycles. The summed E-state index contributed by atoms with van der Waals surface area (Å²) in [5, 5.41) is 12.3. The molecule has 0 aromatic heterocycles. The van der Waals surface area contributed by atoms with Gasteiger partial charge in [-0.25, -0.2) is 4.79 Å². The molecule has 0 spiro atoms. The summed E-state index contributed by atoms with van der Waals surface area (Å²) in [4.78, 5) is 13.6. The second-order valence-corrected chi connectivity index (χ2v) is 5.09. The summed E-state index contributed by atoms with van der Waals surface area (Å²) in [7, 11) is 1.63. The maximum atomic E-state index is 12.1. The molecule has 0 aliphatic rings. The number of nitrogens with zero attached hydrogens (tertiary/aromatic N) is 2. The topological polar surface area (TPSA) is 56.1 Å². The van der Waals surface area contributed by atoms with Crippen LogP contribution in [-0.2, 0) is 0 Å². The van der Waals surface area contributed by atoms with Crippen LogP contribution in [0.15, 0.2) is 42.5 Å². The van der Waals surface area contributed by atoms with Gasteiger partial charge in [0.15, 0.2) is 0 Å². The first kappa shape index (κ1) is 15.2. The van der Waals surface area contributed by atoms with Crippen molar-refractivity contribution in [1.29, 1.82) is 5.26 Å². The Bertz CT molecular complexity index is 708. The minimum Gasteiger partial charge on any atom is -0.307 e. The Morgan fingerprint density at radius 2 is 1.81 bits per heavy atom. The molecule has 0 aliphatic carbocycles. The lowest BCUT2D eigenvalue weighted by Crippen LogP contribution is -2.31. The highest BCUT2D eigenvalue weighted by Crippen LogP contribution is 2.25. The molecule has 2 amide bonds. The van der Waals surface area contributed by atoms with Crippen LogP contribution in [0, 0.1) is 11.3 Å². The number of urea groups is 1. The molecule has 0 bridgehead atoms. The van der Waals surface area contributed by atoms with E-state index in [2.05, 4.69) is 5.32 Å². The van der Waals surface area contributed by atoms with Gasteiger partial charge in [-0.2, -0.15) is 5.26 Å². The number of benzene rings is 2. The van der Waals surface area contributed by atoms with E-state index in [4.69, 9.17) is 28.5 Å². The molecule has 106 valence electrons. The summed E-state index contributed by atoms with van der Waals surface area (Å²) in [5.41, 5.74) is 1.76. The van der Waals surface area contributed by atoms with Crippen molar-refractivity contribution in [3.63, 3.8) is 0 Å². The fourth-order valence-corrected chi connectivity index (χ4v) is 1.96. The first-order valence-corrected chi connectivity index (χ1v) is 6.77. The van der Waals surface area contributed by atoms with Gasteiger partial charge in [-0.05, 0) is 42.5 Å². The van der Waals surface area contributed by atoms with Gasteiger partial charge < -0.3 is 5.32 Å². The minimum atomic E-state index is -0.321. The summed E-state index contributed by atoms with van der Waals surface area (Å²) in [6.07, 6.45) is 0. The van der Waals surface area contributed by atoms with Crippen molar-refractivity contribution in [3.8, 4) is 6.07 Å². The van der Waals surface area contributed by atoms with E-state index in [1.54, 1.807) is 49.5 Å². The summed E-state index contributed by atoms with van der Waals surface area (Å²) in [5.74, 6) is 0. The van der Waals surface area contributed by atoms with Crippen LogP contribution in [0.2, 0.25) is 10.0 Å². The number of nitrogens with one attached hydrogen (secondary N) is 1. The highest BCUT2D eigenvalue weighted by Gasteiger charge is 2.11. The molecule has 0 radical (unpaired) electrons. The fraction of sp³-hybridized carbons (Fsp3) is 0.0667. The maximum absolute atomic E-state index is 12.1. The van der Waals surface area contributed by atoms with Gasteiger partial charge in [0.05, 0.1) is 21.7 Å². The van der Waals surface area contributed by atoms with Crippen LogP contribution in [0.4, 0.5) is 16.2 Å². The van der Waals surface area contributed by atoms with Crippen LogP contribution in [0.5, 0.6) is 0 Å². The summed E-state index contributed by atoms with van der Waals surface area (Å²) < 4.78 is 0. The zero-order chi connectivity index (χ0) is 15.4. The molecule has 0 unspecified atom stereocenters. The quantitative estimate of drug-likeness (QED) is 0.883. The van der Waals surface area contributed by atoms with Crippen molar-refractivity contribution >= 4 is 40.6 Å². The number of carbonyl (C=O) groups is 1. The number of carbonyl (C=O) groups excluding carboxylic acids is 1. The highest BCUT2D eigenvalue weighted by molar-refractivity contribution is 6.42. The molecular weight excluding hydrogens is 309 g/mol. The first-order chi connectivity index (χ1) is 10.0. The standard InChI is InChI=1S/C15H11Cl2N3O/c1-20(12-5-2-10(9-18)3-6-12)15(21)19-11-4-7-13(16)14(17)8-11/h2-8H,1H3,(H,19,21). The minimum absolute atomic E-state index is 0.321. The number of anilines is 2. The van der Waals surface area contributed by atoms with Crippen molar-refractivity contribution in [2.45, 2.75) is 0 Å². The molecule has 0 saturated heterocycles. The number of hydrogen-bond acceptors (Lipinski definition) is 2. The van der Waals surface area contributed by atoms with Gasteiger partial charge in [0, 0.05) is 18.4 Å². The van der Waals surface area contributed by atoms with Crippen LogP contribution in [0.1, 0.15) is 5.56 Å². The number of rotatable bonds is 2. The fourth-order valence-electron chi connectivity index (χ4n) is 1.66. The molecule has 0 atom stereocenters. The van der Waals surface area contributed by atoms with Crippen molar-refractivity contribution in [2.24, 2.45) is 0 Å². The SMILES string of the molecule is CN(C(=O)Nc1ccc(Cl)c(Cl)c1)c1ccc(C#N)cc1. The molecule has 21 heavy (non-hydrogen) atoms. The molecule has 0 fully saturated rings. The van der Waals surface area contributed by atoms with Gasteiger partial charge >= 0.3 is 6.03 Å². The average molecular weight is 320 g/mol. The summed E-state index contributed by atoms with van der Waals surface area (Å²) >= 11 is 11.7. The largest absolute Gasteiger partial charge is 0.326 e. The van der Waals surface area contributed by atoms with E-state index in [0.29, 0.717) is 27.0 Å². The third-order valence-electron chi connectivity index (χ3n) is 2.86. The zero-order valence-corrected chi connectivity index (χ0v) is 12.6. The van der Waals surface area contributed by atoms with Gasteiger partial charge in [-0.15, -0.1) is 0 Å². The molecule has 6 heteroatoms. The lowest BCUT2D eigenvalue weighted by molar-refractivity contribution is 0.258. The Kier molecular flexibility index (Phi) is 4.69. The number of nitriles is 1. The molecule has 4 nitrogen and oxygen atoms in total. The van der Waals surface area contributed by atoms with Crippen molar-refractivity contribution in [2.75, 3.05) is 17.3 Å². The molecule has 0 saturated carbocycles. The molecular formula is C15H11Cl2N3O. The summed E-state index contributed by atoms with van der Waals surface area (Å²) in [6, 6.07) is 13.3. The number of amides is 2. The molecule has 0 heterocycles. The molecule has 2 rings (SSSR count). The van der Waals surface area contributed by atoms with Crippen molar-refractivity contribution < 1.29 is 4.79 Å².